The molecule has 1 heteroatoms. The summed E-state index contributed by atoms with van der Waals surface area (Å²) in [7, 11) is -2.11. The SMILES string of the molecule is [CH][Si]([CH])([CH])C. The highest BCUT2D eigenvalue weighted by Crippen LogP contribution is 1.89. The van der Waals surface area contributed by atoms with Gasteiger partial charge in [0.25, 0.3) is 0 Å². The molecule has 5 heavy (non-hydrogen) atoms. The molecule has 0 aromatic carbocycles. The molecule has 0 amide bonds. The molecule has 0 spiro atoms. The standard InChI is InChI=1S/C4H6Si/c1-5(2,3)4/h1-3H,4H3. The summed E-state index contributed by atoms with van der Waals surface area (Å²) < 4.78 is 0. The summed E-state index contributed by atoms with van der Waals surface area (Å²) in [5.74, 6) is 0. The van der Waals surface area contributed by atoms with Crippen LogP contribution in [0.1, 0.15) is 0 Å². The lowest BCUT2D eigenvalue weighted by Crippen LogP contribution is -2.15. The van der Waals surface area contributed by atoms with Crippen LogP contribution in [0.2, 0.25) is 6.55 Å². The van der Waals surface area contributed by atoms with Crippen molar-refractivity contribution in [3.05, 3.63) is 19.6 Å². The average molecular weight is 82.2 g/mol. The summed E-state index contributed by atoms with van der Waals surface area (Å²) in [5, 5.41) is 0. The minimum absolute atomic E-state index is 1.66. The molecule has 0 aromatic rings. The second-order valence-corrected chi connectivity index (χ2v) is 4.10. The zero-order valence-corrected chi connectivity index (χ0v) is 4.23. The molecule has 0 heterocycles. The second-order valence-electron chi connectivity index (χ2n) is 1.37. The topological polar surface area (TPSA) is 0 Å². The molecule has 0 fully saturated rings. The highest BCUT2D eigenvalue weighted by Gasteiger charge is 2.01. The Morgan fingerprint density at radius 3 is 1.20 bits per heavy atom. The molecule has 0 aliphatic heterocycles. The van der Waals surface area contributed by atoms with E-state index in [4.69, 9.17) is 19.6 Å². The molecule has 0 aromatic heterocycles. The van der Waals surface area contributed by atoms with Gasteiger partial charge in [0.15, 0.2) is 0 Å². The lowest BCUT2D eigenvalue weighted by atomic mass is 11.8. The second kappa shape index (κ2) is 1.13. The van der Waals surface area contributed by atoms with Crippen molar-refractivity contribution in [2.45, 2.75) is 6.55 Å². The van der Waals surface area contributed by atoms with Crippen LogP contribution in [0.25, 0.3) is 0 Å². The van der Waals surface area contributed by atoms with Gasteiger partial charge in [0.1, 0.15) is 0 Å². The van der Waals surface area contributed by atoms with Crippen molar-refractivity contribution in [2.24, 2.45) is 0 Å². The third kappa shape index (κ3) is 441. The minimum Gasteiger partial charge on any atom is -0.0685 e. The van der Waals surface area contributed by atoms with Crippen molar-refractivity contribution in [1.82, 2.24) is 0 Å². The molecular formula is C4H6Si. The van der Waals surface area contributed by atoms with E-state index in [0.29, 0.717) is 0 Å². The maximum Gasteiger partial charge on any atom is 0.0597 e. The van der Waals surface area contributed by atoms with E-state index in [2.05, 4.69) is 0 Å². The fourth-order valence-electron chi connectivity index (χ4n) is 0. The summed E-state index contributed by atoms with van der Waals surface area (Å²) in [6.45, 7) is 16.8. The van der Waals surface area contributed by atoms with Crippen LogP contribution < -0.4 is 0 Å². The largest absolute Gasteiger partial charge is 0.0685 e. The number of rotatable bonds is 0. The minimum atomic E-state index is -2.11. The monoisotopic (exact) mass is 82.0 g/mol. The first kappa shape index (κ1) is 5.22. The normalized spacial score (nSPS) is 12.0. The quantitative estimate of drug-likeness (QED) is 0.379. The number of hydrogen-bond donors (Lipinski definition) is 0. The van der Waals surface area contributed by atoms with E-state index in [0.717, 1.165) is 0 Å². The van der Waals surface area contributed by atoms with Crippen molar-refractivity contribution in [2.75, 3.05) is 0 Å². The van der Waals surface area contributed by atoms with E-state index in [1.54, 1.807) is 6.55 Å². The molecular weight excluding hydrogens is 76.1 g/mol. The van der Waals surface area contributed by atoms with E-state index in [1.807, 2.05) is 0 Å². The van der Waals surface area contributed by atoms with Gasteiger partial charge in [-0.1, -0.05) is 6.55 Å². The van der Waals surface area contributed by atoms with E-state index in [1.165, 1.54) is 0 Å². The predicted octanol–water partition coefficient (Wildman–Crippen LogP) is 0.816. The molecule has 0 saturated carbocycles. The van der Waals surface area contributed by atoms with E-state index in [-0.39, 0.29) is 0 Å². The fraction of sp³-hybridized carbons (Fsp3) is 0.250. The van der Waals surface area contributed by atoms with Crippen molar-refractivity contribution in [1.29, 1.82) is 0 Å². The highest BCUT2D eigenvalue weighted by molar-refractivity contribution is 6.83. The van der Waals surface area contributed by atoms with Crippen molar-refractivity contribution < 1.29 is 0 Å². The highest BCUT2D eigenvalue weighted by atomic mass is 28.3. The van der Waals surface area contributed by atoms with Crippen LogP contribution in [0.5, 0.6) is 0 Å². The molecule has 0 unspecified atom stereocenters. The predicted molar refractivity (Wildman–Crippen MR) is 24.5 cm³/mol. The van der Waals surface area contributed by atoms with Gasteiger partial charge in [-0.25, -0.2) is 0 Å². The first-order valence-electron chi connectivity index (χ1n) is 1.37. The third-order valence-corrected chi connectivity index (χ3v) is 0. The Labute approximate surface area is 35.2 Å². The summed E-state index contributed by atoms with van der Waals surface area (Å²) in [4.78, 5) is 0. The average Bonchev–Trinajstić information content (AvgIpc) is 0.722. The summed E-state index contributed by atoms with van der Waals surface area (Å²) >= 11 is 0. The van der Waals surface area contributed by atoms with E-state index < -0.39 is 8.07 Å². The zero-order valence-electron chi connectivity index (χ0n) is 3.23. The van der Waals surface area contributed by atoms with Crippen LogP contribution in [-0.4, -0.2) is 8.07 Å². The van der Waals surface area contributed by atoms with E-state index in [9.17, 15) is 0 Å². The molecule has 0 bridgehead atoms. The molecule has 0 rings (SSSR count). The molecule has 0 saturated heterocycles. The fourth-order valence-corrected chi connectivity index (χ4v) is 0. The van der Waals surface area contributed by atoms with Gasteiger partial charge >= 0.3 is 0 Å². The van der Waals surface area contributed by atoms with Crippen LogP contribution >= 0.6 is 0 Å². The van der Waals surface area contributed by atoms with Gasteiger partial charge in [0.05, 0.1) is 8.07 Å². The molecule has 0 aliphatic carbocycles. The lowest BCUT2D eigenvalue weighted by molar-refractivity contribution is 1.98. The van der Waals surface area contributed by atoms with Crippen LogP contribution in [0, 0.1) is 19.6 Å². The van der Waals surface area contributed by atoms with Gasteiger partial charge in [0.2, 0.25) is 0 Å². The Kier molecular flexibility index (Phi) is 1.18. The van der Waals surface area contributed by atoms with Crippen molar-refractivity contribution in [3.8, 4) is 0 Å². The Morgan fingerprint density at radius 2 is 1.20 bits per heavy atom. The first-order chi connectivity index (χ1) is 2.00. The molecule has 0 nitrogen and oxygen atoms in total. The lowest BCUT2D eigenvalue weighted by Gasteiger charge is -1.99. The summed E-state index contributed by atoms with van der Waals surface area (Å²) in [5.41, 5.74) is 0. The van der Waals surface area contributed by atoms with Crippen LogP contribution in [0.4, 0.5) is 0 Å². The molecule has 0 aliphatic rings. The Balaban J connectivity index is 3.02. The smallest absolute Gasteiger partial charge is 0.0597 e. The Bertz CT molecular complexity index is 19.1. The van der Waals surface area contributed by atoms with E-state index >= 15 is 0 Å². The van der Waals surface area contributed by atoms with Gasteiger partial charge in [-0.15, -0.1) is 0 Å². The third-order valence-electron chi connectivity index (χ3n) is 0. The van der Waals surface area contributed by atoms with Gasteiger partial charge < -0.3 is 0 Å². The maximum absolute atomic E-state index is 5.05. The molecule has 6 radical (unpaired) electrons. The van der Waals surface area contributed by atoms with Gasteiger partial charge in [-0.2, -0.15) is 0 Å². The molecule has 26 valence electrons. The zero-order chi connectivity index (χ0) is 4.50. The molecule has 0 N–H and O–H groups in total. The molecule has 0 atom stereocenters. The van der Waals surface area contributed by atoms with Gasteiger partial charge in [-0.05, 0) is 19.6 Å². The van der Waals surface area contributed by atoms with Crippen LogP contribution in [0.15, 0.2) is 0 Å². The summed E-state index contributed by atoms with van der Waals surface area (Å²) in [6, 6.07) is 0. The van der Waals surface area contributed by atoms with Crippen molar-refractivity contribution >= 4 is 8.07 Å². The van der Waals surface area contributed by atoms with Crippen molar-refractivity contribution in [3.63, 3.8) is 0 Å². The summed E-state index contributed by atoms with van der Waals surface area (Å²) in [6.07, 6.45) is 0. The van der Waals surface area contributed by atoms with Gasteiger partial charge in [-0.3, -0.25) is 0 Å². The Morgan fingerprint density at radius 1 is 1.20 bits per heavy atom. The van der Waals surface area contributed by atoms with Crippen LogP contribution in [-0.2, 0) is 0 Å². The Hall–Kier alpha value is 0.217. The first-order valence-corrected chi connectivity index (χ1v) is 4.10. The number of hydrogen-bond acceptors (Lipinski definition) is 0. The van der Waals surface area contributed by atoms with Crippen LogP contribution in [0.3, 0.4) is 0 Å². The van der Waals surface area contributed by atoms with Gasteiger partial charge in [0, 0.05) is 0 Å². The maximum atomic E-state index is 5.05.